The molecule has 0 heterocycles. The van der Waals surface area contributed by atoms with E-state index in [9.17, 15) is 8.42 Å². The van der Waals surface area contributed by atoms with Crippen molar-refractivity contribution in [3.05, 3.63) is 0 Å². The third-order valence-corrected chi connectivity index (χ3v) is 0.604. The van der Waals surface area contributed by atoms with Crippen LogP contribution >= 0.6 is 0 Å². The van der Waals surface area contributed by atoms with Gasteiger partial charge in [0.15, 0.2) is 0 Å². The molecule has 0 unspecified atom stereocenters. The Labute approximate surface area is 51.3 Å². The summed E-state index contributed by atoms with van der Waals surface area (Å²) in [5.41, 5.74) is 0. The zero-order valence-electron chi connectivity index (χ0n) is 4.05. The fourth-order valence-corrected chi connectivity index (χ4v) is 0.251. The van der Waals surface area contributed by atoms with Crippen molar-refractivity contribution >= 4 is 16.8 Å². The molecule has 0 rings (SSSR count). The molecule has 0 aromatic rings. The molecule has 0 radical (unpaired) electrons. The molecule has 1 N–H and O–H groups in total. The van der Waals surface area contributed by atoms with Gasteiger partial charge in [-0.2, -0.15) is 13.7 Å². The van der Waals surface area contributed by atoms with Crippen molar-refractivity contribution in [1.82, 2.24) is 0 Å². The van der Waals surface area contributed by atoms with Crippen molar-refractivity contribution in [2.45, 2.75) is 0 Å². The number of nitriles is 1. The average Bonchev–Trinajstić information content (AvgIpc) is 1.63. The summed E-state index contributed by atoms with van der Waals surface area (Å²) in [5, 5.41) is 7.66. The van der Waals surface area contributed by atoms with Gasteiger partial charge in [0.2, 0.25) is 12.6 Å². The molecule has 0 aromatic heterocycles. The Kier molecular flexibility index (Phi) is 2.63. The fourth-order valence-electron chi connectivity index (χ4n) is 0.0995. The fraction of sp³-hybridized carbons (Fsp3) is 0. The van der Waals surface area contributed by atoms with Gasteiger partial charge in [0.05, 0.1) is 0 Å². The molecule has 50 valence electrons. The summed E-state index contributed by atoms with van der Waals surface area (Å²) in [5.74, 6) is 0. The molecule has 0 aliphatic rings. The highest BCUT2D eigenvalue weighted by Crippen LogP contribution is 1.79. The first-order valence-corrected chi connectivity index (χ1v) is 2.99. The van der Waals surface area contributed by atoms with E-state index in [1.165, 1.54) is 6.19 Å². The highest BCUT2D eigenvalue weighted by Gasteiger charge is 1.98. The van der Waals surface area contributed by atoms with E-state index in [0.717, 1.165) is 0 Å². The molecular formula is C2H2N2O4S. The maximum Gasteiger partial charge on any atom is 0.447 e. The first-order valence-electron chi connectivity index (χ1n) is 1.62. The normalized spacial score (nSPS) is 11.1. The molecular weight excluding hydrogens is 148 g/mol. The minimum Gasteiger partial charge on any atom is -0.348 e. The maximum atomic E-state index is 9.64. The zero-order chi connectivity index (χ0) is 7.33. The van der Waals surface area contributed by atoms with Crippen LogP contribution in [-0.2, 0) is 14.6 Å². The van der Waals surface area contributed by atoms with Crippen LogP contribution < -0.4 is 0 Å². The van der Waals surface area contributed by atoms with Gasteiger partial charge in [-0.15, -0.1) is 4.99 Å². The van der Waals surface area contributed by atoms with Crippen molar-refractivity contribution < 1.29 is 17.2 Å². The molecule has 0 aliphatic heterocycles. The van der Waals surface area contributed by atoms with Gasteiger partial charge in [-0.3, -0.25) is 4.55 Å². The van der Waals surface area contributed by atoms with Gasteiger partial charge >= 0.3 is 10.4 Å². The van der Waals surface area contributed by atoms with Crippen molar-refractivity contribution in [3.8, 4) is 6.19 Å². The van der Waals surface area contributed by atoms with Crippen LogP contribution in [0.25, 0.3) is 0 Å². The predicted octanol–water partition coefficient (Wildman–Crippen LogP) is -0.685. The smallest absolute Gasteiger partial charge is 0.348 e. The van der Waals surface area contributed by atoms with Crippen LogP contribution in [0.2, 0.25) is 0 Å². The van der Waals surface area contributed by atoms with Crippen LogP contribution in [0.3, 0.4) is 0 Å². The van der Waals surface area contributed by atoms with Gasteiger partial charge < -0.3 is 4.18 Å². The third kappa shape index (κ3) is 6.87. The Hall–Kier alpha value is -1.13. The van der Waals surface area contributed by atoms with Crippen molar-refractivity contribution in [2.75, 3.05) is 0 Å². The number of aliphatic imine (C=N–C) groups is 1. The van der Waals surface area contributed by atoms with Gasteiger partial charge in [-0.05, 0) is 0 Å². The second-order valence-corrected chi connectivity index (χ2v) is 1.91. The molecule has 7 heteroatoms. The van der Waals surface area contributed by atoms with Gasteiger partial charge in [0, 0.05) is 0 Å². The minimum absolute atomic E-state index is 0.315. The van der Waals surface area contributed by atoms with Crippen LogP contribution in [0.15, 0.2) is 4.99 Å². The summed E-state index contributed by atoms with van der Waals surface area (Å²) >= 11 is 0. The van der Waals surface area contributed by atoms with E-state index in [1.54, 1.807) is 0 Å². The zero-order valence-corrected chi connectivity index (χ0v) is 4.87. The van der Waals surface area contributed by atoms with Crippen LogP contribution in [0.4, 0.5) is 0 Å². The summed E-state index contributed by atoms with van der Waals surface area (Å²) < 4.78 is 30.6. The molecule has 0 aromatic carbocycles. The van der Waals surface area contributed by atoms with Crippen LogP contribution in [0.1, 0.15) is 0 Å². The summed E-state index contributed by atoms with van der Waals surface area (Å²) in [7, 11) is -4.50. The second kappa shape index (κ2) is 3.01. The summed E-state index contributed by atoms with van der Waals surface area (Å²) in [6.45, 7) is 0. The lowest BCUT2D eigenvalue weighted by Gasteiger charge is -1.86. The van der Waals surface area contributed by atoms with E-state index < -0.39 is 10.4 Å². The molecule has 9 heavy (non-hydrogen) atoms. The highest BCUT2D eigenvalue weighted by atomic mass is 32.3. The van der Waals surface area contributed by atoms with Crippen molar-refractivity contribution in [3.63, 3.8) is 0 Å². The molecule has 0 saturated carbocycles. The highest BCUT2D eigenvalue weighted by molar-refractivity contribution is 7.81. The SMILES string of the molecule is N#CN=COS(=O)(=O)O. The Morgan fingerprint density at radius 2 is 2.33 bits per heavy atom. The lowest BCUT2D eigenvalue weighted by molar-refractivity contribution is 0.389. The van der Waals surface area contributed by atoms with Gasteiger partial charge in [-0.25, -0.2) is 0 Å². The Bertz CT molecular complexity index is 234. The number of hydrogen-bond donors (Lipinski definition) is 1. The molecule has 0 bridgehead atoms. The molecule has 0 fully saturated rings. The summed E-state index contributed by atoms with van der Waals surface area (Å²) in [6, 6.07) is 0. The average molecular weight is 150 g/mol. The van der Waals surface area contributed by atoms with E-state index in [2.05, 4.69) is 9.18 Å². The van der Waals surface area contributed by atoms with Crippen molar-refractivity contribution in [1.29, 1.82) is 5.26 Å². The molecule has 6 nitrogen and oxygen atoms in total. The number of rotatable bonds is 2. The molecule has 0 aliphatic carbocycles. The van der Waals surface area contributed by atoms with E-state index >= 15 is 0 Å². The minimum atomic E-state index is -4.50. The predicted molar refractivity (Wildman–Crippen MR) is 26.7 cm³/mol. The summed E-state index contributed by atoms with van der Waals surface area (Å²) in [4.78, 5) is 2.68. The first kappa shape index (κ1) is 7.87. The lowest BCUT2D eigenvalue weighted by atomic mass is 11.3. The van der Waals surface area contributed by atoms with Crippen LogP contribution in [-0.4, -0.2) is 19.4 Å². The molecule has 0 spiro atoms. The second-order valence-electron chi connectivity index (χ2n) is 0.858. The maximum absolute atomic E-state index is 9.64. The Morgan fingerprint density at radius 3 is 2.67 bits per heavy atom. The summed E-state index contributed by atoms with van der Waals surface area (Å²) in [6.07, 6.45) is 1.52. The van der Waals surface area contributed by atoms with Gasteiger partial charge in [-0.1, -0.05) is 0 Å². The first-order chi connectivity index (χ1) is 4.06. The van der Waals surface area contributed by atoms with Crippen LogP contribution in [0.5, 0.6) is 0 Å². The molecule has 0 atom stereocenters. The molecule has 0 saturated heterocycles. The number of nitrogens with zero attached hydrogens (tertiary/aromatic N) is 2. The Balaban J connectivity index is 3.83. The molecule has 0 amide bonds. The van der Waals surface area contributed by atoms with E-state index in [0.29, 0.717) is 6.40 Å². The monoisotopic (exact) mass is 150 g/mol. The third-order valence-electron chi connectivity index (χ3n) is 0.275. The van der Waals surface area contributed by atoms with Crippen LogP contribution in [0, 0.1) is 11.5 Å². The lowest BCUT2D eigenvalue weighted by Crippen LogP contribution is -2.00. The van der Waals surface area contributed by atoms with E-state index in [-0.39, 0.29) is 0 Å². The van der Waals surface area contributed by atoms with E-state index in [1.807, 2.05) is 0 Å². The topological polar surface area (TPSA) is 99.8 Å². The van der Waals surface area contributed by atoms with Gasteiger partial charge in [0.25, 0.3) is 0 Å². The van der Waals surface area contributed by atoms with Crippen molar-refractivity contribution in [2.24, 2.45) is 4.99 Å². The van der Waals surface area contributed by atoms with E-state index in [4.69, 9.17) is 9.81 Å². The largest absolute Gasteiger partial charge is 0.447 e. The Morgan fingerprint density at radius 1 is 1.78 bits per heavy atom. The standard InChI is InChI=1S/C2H2N2O4S/c3-1-4-2-8-9(5,6)7/h2H,(H,5,6,7). The van der Waals surface area contributed by atoms with Gasteiger partial charge in [0.1, 0.15) is 0 Å². The quantitative estimate of drug-likeness (QED) is 0.243. The number of hydrogen-bond acceptors (Lipinski definition) is 5.